The first-order chi connectivity index (χ1) is 32.9. The van der Waals surface area contributed by atoms with Crippen LogP contribution in [0.15, 0.2) is 77.8 Å². The number of carbonyl (C=O) groups is 6. The van der Waals surface area contributed by atoms with E-state index < -0.39 is 42.4 Å². The molecule has 3 aromatic rings. The number of hydrogen-bond donors (Lipinski definition) is 6. The monoisotopic (exact) mass is 932 g/mol. The molecule has 0 spiro atoms. The Hall–Kier alpha value is -5.97. The second-order valence-corrected chi connectivity index (χ2v) is 18.6. The first-order valence-electron chi connectivity index (χ1n) is 24.4. The summed E-state index contributed by atoms with van der Waals surface area (Å²) in [6, 6.07) is 18.4. The third kappa shape index (κ3) is 11.8. The predicted molar refractivity (Wildman–Crippen MR) is 260 cm³/mol. The number of amides is 6. The first-order valence-corrected chi connectivity index (χ1v) is 24.4. The molecule has 68 heavy (non-hydrogen) atoms. The summed E-state index contributed by atoms with van der Waals surface area (Å²) in [4.78, 5) is 90.6. The maximum absolute atomic E-state index is 14.4. The summed E-state index contributed by atoms with van der Waals surface area (Å²) in [5.74, 6) is -1.88. The molecule has 0 bridgehead atoms. The lowest BCUT2D eigenvalue weighted by atomic mass is 9.87. The Morgan fingerprint density at radius 1 is 0.647 bits per heavy atom. The number of likely N-dealkylation sites (tertiary alicyclic amines) is 2. The van der Waals surface area contributed by atoms with Gasteiger partial charge < -0.3 is 46.4 Å². The van der Waals surface area contributed by atoms with Crippen LogP contribution in [0.3, 0.4) is 0 Å². The molecule has 6 amide bonds. The summed E-state index contributed by atoms with van der Waals surface area (Å²) in [6.07, 6.45) is 8.65. The van der Waals surface area contributed by atoms with E-state index in [2.05, 4.69) is 61.2 Å². The van der Waals surface area contributed by atoms with Crippen molar-refractivity contribution in [3.63, 3.8) is 0 Å². The molecule has 7 rings (SSSR count). The molecule has 0 radical (unpaired) electrons. The standard InChI is InChI=1S/C52H69N9O7/c1-32(53-4)47(62)58-45(51(66)60-29-12-22-43(60)49(64)56-41-20-10-16-35-14-6-8-18-39(35)41)34(3)68-31-28-55-38-26-24-37(25-27-38)46(59-48(63)33(2)54-5)52(67)61-30-13-23-44(61)50(65)57-42-21-11-17-36-15-7-9-19-40(36)42/h6-9,14-15,18-19,24-28,32-34,41-46,53-54H,10-13,16-17,20-23,29-31H2,1-5H3,(H,56,64)(H,57,65)(H,58,62)(H,59,63)/t32-,33-,34+,41+,42+,43-,44-,45?,46-/m0/s1. The molecule has 6 N–H and O–H groups in total. The minimum atomic E-state index is -1.07. The molecule has 364 valence electrons. The van der Waals surface area contributed by atoms with Crippen LogP contribution < -0.4 is 31.9 Å². The Labute approximate surface area is 400 Å². The fourth-order valence-electron chi connectivity index (χ4n) is 9.96. The summed E-state index contributed by atoms with van der Waals surface area (Å²) < 4.78 is 6.13. The molecule has 2 aliphatic carbocycles. The molecule has 2 saturated heterocycles. The number of rotatable bonds is 18. The summed E-state index contributed by atoms with van der Waals surface area (Å²) in [6.45, 7) is 5.89. The number of nitrogens with zero attached hydrogens (tertiary/aromatic N) is 3. The van der Waals surface area contributed by atoms with Gasteiger partial charge in [0, 0.05) is 19.3 Å². The van der Waals surface area contributed by atoms with Crippen molar-refractivity contribution in [3.8, 4) is 0 Å². The van der Waals surface area contributed by atoms with E-state index in [4.69, 9.17) is 4.74 Å². The zero-order valence-corrected chi connectivity index (χ0v) is 40.1. The highest BCUT2D eigenvalue weighted by molar-refractivity contribution is 5.95. The average Bonchev–Trinajstić information content (AvgIpc) is 4.07. The maximum Gasteiger partial charge on any atom is 0.250 e. The predicted octanol–water partition coefficient (Wildman–Crippen LogP) is 4.02. The molecule has 0 saturated carbocycles. The molecular weight excluding hydrogens is 863 g/mol. The molecular formula is C52H69N9O7. The van der Waals surface area contributed by atoms with Crippen molar-refractivity contribution >= 4 is 47.3 Å². The van der Waals surface area contributed by atoms with E-state index in [1.54, 1.807) is 75.1 Å². The van der Waals surface area contributed by atoms with Crippen LogP contribution in [-0.2, 0) is 46.3 Å². The van der Waals surface area contributed by atoms with Gasteiger partial charge in [-0.1, -0.05) is 60.7 Å². The molecule has 3 aromatic carbocycles. The lowest BCUT2D eigenvalue weighted by Crippen LogP contribution is -2.59. The molecule has 1 unspecified atom stereocenters. The van der Waals surface area contributed by atoms with Gasteiger partial charge in [-0.2, -0.15) is 0 Å². The normalized spacial score (nSPS) is 22.2. The number of likely N-dealkylation sites (N-methyl/N-ethyl adjacent to an activating group) is 2. The topological polar surface area (TPSA) is 203 Å². The maximum atomic E-state index is 14.4. The van der Waals surface area contributed by atoms with Gasteiger partial charge in [-0.05, 0) is 139 Å². The number of aliphatic imine (C=N–C) groups is 1. The van der Waals surface area contributed by atoms with Gasteiger partial charge in [0.25, 0.3) is 0 Å². The Bertz CT molecular complexity index is 2310. The summed E-state index contributed by atoms with van der Waals surface area (Å²) in [5.41, 5.74) is 5.78. The second-order valence-electron chi connectivity index (χ2n) is 18.6. The fourth-order valence-corrected chi connectivity index (χ4v) is 9.96. The van der Waals surface area contributed by atoms with E-state index in [-0.39, 0.29) is 54.1 Å². The third-order valence-corrected chi connectivity index (χ3v) is 14.2. The smallest absolute Gasteiger partial charge is 0.250 e. The summed E-state index contributed by atoms with van der Waals surface area (Å²) in [5, 5.41) is 18.1. The van der Waals surface area contributed by atoms with Crippen LogP contribution in [0.2, 0.25) is 0 Å². The van der Waals surface area contributed by atoms with Gasteiger partial charge in [0.05, 0.1) is 42.6 Å². The minimum Gasteiger partial charge on any atom is -0.370 e. The van der Waals surface area contributed by atoms with Crippen molar-refractivity contribution < 1.29 is 33.5 Å². The largest absolute Gasteiger partial charge is 0.370 e. The molecule has 2 heterocycles. The Morgan fingerprint density at radius 3 is 1.68 bits per heavy atom. The Balaban J connectivity index is 0.995. The zero-order valence-electron chi connectivity index (χ0n) is 40.1. The number of fused-ring (bicyclic) bond motifs is 2. The van der Waals surface area contributed by atoms with E-state index >= 15 is 0 Å². The van der Waals surface area contributed by atoms with Crippen molar-refractivity contribution in [2.75, 3.05) is 33.8 Å². The molecule has 16 nitrogen and oxygen atoms in total. The van der Waals surface area contributed by atoms with Gasteiger partial charge >= 0.3 is 0 Å². The number of aryl methyl sites for hydroxylation is 2. The van der Waals surface area contributed by atoms with Crippen molar-refractivity contribution in [2.45, 2.75) is 139 Å². The van der Waals surface area contributed by atoms with Gasteiger partial charge in [-0.15, -0.1) is 0 Å². The second kappa shape index (κ2) is 23.4. The Morgan fingerprint density at radius 2 is 1.15 bits per heavy atom. The number of nitrogens with one attached hydrogen (secondary N) is 6. The number of carbonyl (C=O) groups excluding carboxylic acids is 6. The van der Waals surface area contributed by atoms with Crippen LogP contribution in [0, 0.1) is 0 Å². The molecule has 16 heteroatoms. The van der Waals surface area contributed by atoms with Gasteiger partial charge in [0.2, 0.25) is 35.4 Å². The van der Waals surface area contributed by atoms with Crippen molar-refractivity contribution in [1.29, 1.82) is 0 Å². The highest BCUT2D eigenvalue weighted by Crippen LogP contribution is 2.33. The van der Waals surface area contributed by atoms with Crippen LogP contribution in [0.25, 0.3) is 0 Å². The number of hydrogen-bond acceptors (Lipinski definition) is 10. The highest BCUT2D eigenvalue weighted by atomic mass is 16.5. The Kier molecular flexibility index (Phi) is 17.1. The molecule has 9 atom stereocenters. The van der Waals surface area contributed by atoms with Crippen LogP contribution in [0.4, 0.5) is 5.69 Å². The van der Waals surface area contributed by atoms with Crippen molar-refractivity contribution in [1.82, 2.24) is 41.7 Å². The lowest BCUT2D eigenvalue weighted by Gasteiger charge is -2.33. The van der Waals surface area contributed by atoms with E-state index in [0.717, 1.165) is 49.7 Å². The molecule has 4 aliphatic rings. The van der Waals surface area contributed by atoms with E-state index in [1.807, 2.05) is 24.3 Å². The number of ether oxygens (including phenoxy) is 1. The van der Waals surface area contributed by atoms with E-state index in [0.29, 0.717) is 50.0 Å². The van der Waals surface area contributed by atoms with Crippen molar-refractivity contribution in [3.05, 3.63) is 101 Å². The zero-order chi connectivity index (χ0) is 48.3. The summed E-state index contributed by atoms with van der Waals surface area (Å²) in [7, 11) is 3.33. The first kappa shape index (κ1) is 49.9. The minimum absolute atomic E-state index is 0.000910. The SMILES string of the molecule is CN[C@@H](C)C(=O)NC(C(=O)N1CCC[C@H]1C(=O)N[C@@H]1CCCc2ccccc21)[C@@H](C)OCC=Nc1ccc([C@H](NC(=O)[C@H](C)NC)C(=O)N2CCC[C@H]2C(=O)N[C@@H]2CCCc3ccccc32)cc1. The van der Waals surface area contributed by atoms with Gasteiger partial charge in [0.1, 0.15) is 24.2 Å². The third-order valence-electron chi connectivity index (χ3n) is 14.2. The van der Waals surface area contributed by atoms with Gasteiger partial charge in [0.15, 0.2) is 0 Å². The number of benzene rings is 3. The average molecular weight is 932 g/mol. The van der Waals surface area contributed by atoms with Crippen LogP contribution in [0.5, 0.6) is 0 Å². The summed E-state index contributed by atoms with van der Waals surface area (Å²) >= 11 is 0. The van der Waals surface area contributed by atoms with Crippen LogP contribution in [-0.4, -0.2) is 122 Å². The molecule has 0 aromatic heterocycles. The fraction of sp³-hybridized carbons (Fsp3) is 0.519. The quantitative estimate of drug-likeness (QED) is 0.102. The van der Waals surface area contributed by atoms with E-state index in [1.165, 1.54) is 11.1 Å². The van der Waals surface area contributed by atoms with Crippen LogP contribution in [0.1, 0.15) is 118 Å². The van der Waals surface area contributed by atoms with Gasteiger partial charge in [-0.25, -0.2) is 0 Å². The highest BCUT2D eigenvalue weighted by Gasteiger charge is 2.42. The molecule has 2 fully saturated rings. The lowest BCUT2D eigenvalue weighted by molar-refractivity contribution is -0.145. The van der Waals surface area contributed by atoms with Crippen LogP contribution >= 0.6 is 0 Å². The molecule has 2 aliphatic heterocycles. The van der Waals surface area contributed by atoms with E-state index in [9.17, 15) is 28.8 Å². The van der Waals surface area contributed by atoms with Crippen molar-refractivity contribution in [2.24, 2.45) is 4.99 Å². The van der Waals surface area contributed by atoms with Gasteiger partial charge in [-0.3, -0.25) is 33.8 Å².